The lowest BCUT2D eigenvalue weighted by molar-refractivity contribution is -0.148. The lowest BCUT2D eigenvalue weighted by atomic mass is 9.71. The molecule has 3 rings (SSSR count). The van der Waals surface area contributed by atoms with Crippen LogP contribution in [-0.4, -0.2) is 59.9 Å². The molecule has 0 aromatic rings. The zero-order valence-corrected chi connectivity index (χ0v) is 9.69. The van der Waals surface area contributed by atoms with Gasteiger partial charge in [0, 0.05) is 30.6 Å². The van der Waals surface area contributed by atoms with Crippen molar-refractivity contribution in [3.05, 3.63) is 0 Å². The number of rotatable bonds is 2. The summed E-state index contributed by atoms with van der Waals surface area (Å²) >= 11 is 0. The standard InChI is InChI=1S/C11H18N2O3/c1-10(2,9(14)15)13-3-7-11(5-13)6-16-4-8(11)12-7/h7-8,12H,3-6H2,1-2H3,(H,14,15). The molecule has 3 heterocycles. The van der Waals surface area contributed by atoms with Crippen LogP contribution in [0.4, 0.5) is 0 Å². The average Bonchev–Trinajstić information content (AvgIpc) is 2.67. The normalized spacial score (nSPS) is 42.6. The average molecular weight is 226 g/mol. The first-order valence-electron chi connectivity index (χ1n) is 5.79. The maximum atomic E-state index is 11.2. The summed E-state index contributed by atoms with van der Waals surface area (Å²) in [6.45, 7) is 6.77. The van der Waals surface area contributed by atoms with Crippen LogP contribution in [0.5, 0.6) is 0 Å². The van der Waals surface area contributed by atoms with Crippen LogP contribution in [0.25, 0.3) is 0 Å². The van der Waals surface area contributed by atoms with Gasteiger partial charge in [-0.25, -0.2) is 0 Å². The third-order valence-corrected chi connectivity index (χ3v) is 4.65. The van der Waals surface area contributed by atoms with Crippen LogP contribution in [0.15, 0.2) is 0 Å². The molecule has 2 N–H and O–H groups in total. The molecule has 5 nitrogen and oxygen atoms in total. The third-order valence-electron chi connectivity index (χ3n) is 4.65. The Labute approximate surface area is 94.8 Å². The fourth-order valence-electron chi connectivity index (χ4n) is 3.21. The molecule has 3 unspecified atom stereocenters. The van der Waals surface area contributed by atoms with Gasteiger partial charge < -0.3 is 15.2 Å². The van der Waals surface area contributed by atoms with Gasteiger partial charge in [-0.3, -0.25) is 9.69 Å². The van der Waals surface area contributed by atoms with Crippen molar-refractivity contribution in [2.24, 2.45) is 5.41 Å². The van der Waals surface area contributed by atoms with E-state index in [0.717, 1.165) is 26.3 Å². The zero-order valence-electron chi connectivity index (χ0n) is 9.69. The molecule has 3 atom stereocenters. The first-order valence-corrected chi connectivity index (χ1v) is 5.79. The Morgan fingerprint density at radius 3 is 2.94 bits per heavy atom. The van der Waals surface area contributed by atoms with E-state index in [1.165, 1.54) is 0 Å². The van der Waals surface area contributed by atoms with E-state index in [1.807, 2.05) is 0 Å². The summed E-state index contributed by atoms with van der Waals surface area (Å²) in [5.41, 5.74) is -0.590. The van der Waals surface area contributed by atoms with Crippen LogP contribution in [0.2, 0.25) is 0 Å². The zero-order chi connectivity index (χ0) is 11.6. The molecule has 16 heavy (non-hydrogen) atoms. The minimum absolute atomic E-state index is 0.187. The summed E-state index contributed by atoms with van der Waals surface area (Å²) in [5, 5.41) is 12.7. The lowest BCUT2D eigenvalue weighted by Gasteiger charge is -2.47. The molecule has 5 heteroatoms. The van der Waals surface area contributed by atoms with Gasteiger partial charge >= 0.3 is 5.97 Å². The Kier molecular flexibility index (Phi) is 1.95. The summed E-state index contributed by atoms with van der Waals surface area (Å²) in [5.74, 6) is -0.749. The quantitative estimate of drug-likeness (QED) is 0.666. The van der Waals surface area contributed by atoms with Crippen LogP contribution in [0.3, 0.4) is 0 Å². The van der Waals surface area contributed by atoms with Gasteiger partial charge in [-0.15, -0.1) is 0 Å². The number of carboxylic acid groups (broad SMARTS) is 1. The molecule has 3 aliphatic heterocycles. The van der Waals surface area contributed by atoms with E-state index in [-0.39, 0.29) is 5.41 Å². The van der Waals surface area contributed by atoms with Crippen LogP contribution in [-0.2, 0) is 9.53 Å². The van der Waals surface area contributed by atoms with Gasteiger partial charge in [-0.2, -0.15) is 0 Å². The minimum Gasteiger partial charge on any atom is -0.480 e. The number of carboxylic acids is 1. The molecule has 0 saturated carbocycles. The van der Waals surface area contributed by atoms with Gasteiger partial charge in [0.05, 0.1) is 13.2 Å². The lowest BCUT2D eigenvalue weighted by Crippen LogP contribution is -2.68. The first kappa shape index (κ1) is 10.5. The SMILES string of the molecule is CC(C)(C(=O)O)N1CC2NC3COCC32C1. The number of hydrogen-bond donors (Lipinski definition) is 2. The fourth-order valence-corrected chi connectivity index (χ4v) is 3.21. The number of likely N-dealkylation sites (tertiary alicyclic amines) is 1. The van der Waals surface area contributed by atoms with E-state index in [4.69, 9.17) is 4.74 Å². The van der Waals surface area contributed by atoms with E-state index in [2.05, 4.69) is 10.2 Å². The third kappa shape index (κ3) is 1.08. The Hall–Kier alpha value is -0.650. The molecular weight excluding hydrogens is 208 g/mol. The molecule has 0 radical (unpaired) electrons. The van der Waals surface area contributed by atoms with Crippen molar-refractivity contribution in [3.63, 3.8) is 0 Å². The van der Waals surface area contributed by atoms with Crippen molar-refractivity contribution in [2.45, 2.75) is 31.5 Å². The first-order chi connectivity index (χ1) is 7.47. The molecule has 90 valence electrons. The molecular formula is C11H18N2O3. The molecule has 3 fully saturated rings. The minimum atomic E-state index is -0.777. The Morgan fingerprint density at radius 1 is 1.56 bits per heavy atom. The molecule has 0 aromatic heterocycles. The monoisotopic (exact) mass is 226 g/mol. The van der Waals surface area contributed by atoms with E-state index in [9.17, 15) is 9.90 Å². The second-order valence-corrected chi connectivity index (χ2v) is 5.76. The number of nitrogens with one attached hydrogen (secondary N) is 1. The summed E-state index contributed by atoms with van der Waals surface area (Å²) in [6.07, 6.45) is 0. The molecule has 3 saturated heterocycles. The largest absolute Gasteiger partial charge is 0.480 e. The highest BCUT2D eigenvalue weighted by atomic mass is 16.5. The predicted octanol–water partition coefficient (Wildman–Crippen LogP) is -0.478. The van der Waals surface area contributed by atoms with E-state index >= 15 is 0 Å². The highest BCUT2D eigenvalue weighted by Gasteiger charge is 2.64. The number of ether oxygens (including phenoxy) is 1. The summed E-state index contributed by atoms with van der Waals surface area (Å²) in [6, 6.07) is 0.853. The van der Waals surface area contributed by atoms with Crippen molar-refractivity contribution < 1.29 is 14.6 Å². The van der Waals surface area contributed by atoms with Crippen LogP contribution >= 0.6 is 0 Å². The Balaban J connectivity index is 1.81. The van der Waals surface area contributed by atoms with Crippen LogP contribution < -0.4 is 5.32 Å². The maximum absolute atomic E-state index is 11.2. The van der Waals surface area contributed by atoms with Gasteiger partial charge in [0.1, 0.15) is 5.54 Å². The van der Waals surface area contributed by atoms with Crippen molar-refractivity contribution in [2.75, 3.05) is 26.3 Å². The molecule has 0 bridgehead atoms. The van der Waals surface area contributed by atoms with Crippen molar-refractivity contribution in [3.8, 4) is 0 Å². The summed E-state index contributed by atoms with van der Waals surface area (Å²) in [7, 11) is 0. The second-order valence-electron chi connectivity index (χ2n) is 5.76. The molecule has 0 aromatic carbocycles. The van der Waals surface area contributed by atoms with Gasteiger partial charge in [-0.05, 0) is 13.8 Å². The molecule has 0 amide bonds. The maximum Gasteiger partial charge on any atom is 0.323 e. The van der Waals surface area contributed by atoms with Gasteiger partial charge in [-0.1, -0.05) is 0 Å². The van der Waals surface area contributed by atoms with E-state index < -0.39 is 11.5 Å². The van der Waals surface area contributed by atoms with Gasteiger partial charge in [0.15, 0.2) is 0 Å². The topological polar surface area (TPSA) is 61.8 Å². The highest BCUT2D eigenvalue weighted by molar-refractivity contribution is 5.77. The van der Waals surface area contributed by atoms with Crippen LogP contribution in [0, 0.1) is 5.41 Å². The number of hydrogen-bond acceptors (Lipinski definition) is 4. The van der Waals surface area contributed by atoms with E-state index in [1.54, 1.807) is 13.8 Å². The van der Waals surface area contributed by atoms with Crippen molar-refractivity contribution in [1.29, 1.82) is 0 Å². The number of aliphatic carboxylic acids is 1. The fraction of sp³-hybridized carbons (Fsp3) is 0.909. The Morgan fingerprint density at radius 2 is 2.31 bits per heavy atom. The molecule has 3 aliphatic rings. The van der Waals surface area contributed by atoms with Gasteiger partial charge in [0.25, 0.3) is 0 Å². The summed E-state index contributed by atoms with van der Waals surface area (Å²) in [4.78, 5) is 13.3. The second kappa shape index (κ2) is 2.97. The highest BCUT2D eigenvalue weighted by Crippen LogP contribution is 2.47. The van der Waals surface area contributed by atoms with Crippen LogP contribution in [0.1, 0.15) is 13.8 Å². The van der Waals surface area contributed by atoms with Gasteiger partial charge in [0.2, 0.25) is 0 Å². The molecule has 0 aliphatic carbocycles. The van der Waals surface area contributed by atoms with Crippen molar-refractivity contribution in [1.82, 2.24) is 10.2 Å². The Bertz CT molecular complexity index is 344. The number of carbonyl (C=O) groups is 1. The number of nitrogens with zero attached hydrogens (tertiary/aromatic N) is 1. The predicted molar refractivity (Wildman–Crippen MR) is 57.3 cm³/mol. The van der Waals surface area contributed by atoms with Crippen molar-refractivity contribution >= 4 is 5.97 Å². The summed E-state index contributed by atoms with van der Waals surface area (Å²) < 4.78 is 5.52. The molecule has 1 spiro atoms. The smallest absolute Gasteiger partial charge is 0.323 e. The van der Waals surface area contributed by atoms with E-state index in [0.29, 0.717) is 12.1 Å².